The van der Waals surface area contributed by atoms with Crippen LogP contribution in [0, 0.1) is 0 Å². The molecule has 5 nitrogen and oxygen atoms in total. The van der Waals surface area contributed by atoms with Crippen LogP contribution in [0.2, 0.25) is 0 Å². The van der Waals surface area contributed by atoms with Crippen LogP contribution in [-0.4, -0.2) is 35.3 Å². The number of nitrogens with zero attached hydrogens (tertiary/aromatic N) is 2. The van der Waals surface area contributed by atoms with Gasteiger partial charge in [0.25, 0.3) is 0 Å². The predicted octanol–water partition coefficient (Wildman–Crippen LogP) is 1.94. The summed E-state index contributed by atoms with van der Waals surface area (Å²) in [7, 11) is 1.85. The second-order valence-corrected chi connectivity index (χ2v) is 4.61. The number of hydrogen-bond acceptors (Lipinski definition) is 5. The fourth-order valence-corrected chi connectivity index (χ4v) is 1.74. The molecule has 0 aromatic carbocycles. The van der Waals surface area contributed by atoms with E-state index in [0.29, 0.717) is 18.4 Å². The number of nitrogens with one attached hydrogen (secondary N) is 1. The third kappa shape index (κ3) is 3.84. The van der Waals surface area contributed by atoms with Crippen LogP contribution >= 0.6 is 0 Å². The summed E-state index contributed by atoms with van der Waals surface area (Å²) in [5, 5.41) is 11.7. The molecule has 1 aliphatic rings. The monoisotopic (exact) mass is 251 g/mol. The van der Waals surface area contributed by atoms with Crippen molar-refractivity contribution in [3.05, 3.63) is 11.9 Å². The molecule has 0 amide bonds. The zero-order valence-corrected chi connectivity index (χ0v) is 10.9. The summed E-state index contributed by atoms with van der Waals surface area (Å²) in [5.74, 6) is 2.89. The van der Waals surface area contributed by atoms with Gasteiger partial charge in [0.1, 0.15) is 11.6 Å². The Morgan fingerprint density at radius 3 is 2.83 bits per heavy atom. The van der Waals surface area contributed by atoms with Crippen molar-refractivity contribution in [3.63, 3.8) is 0 Å². The molecule has 0 radical (unpaired) electrons. The van der Waals surface area contributed by atoms with Crippen molar-refractivity contribution in [2.45, 2.75) is 38.0 Å². The van der Waals surface area contributed by atoms with Gasteiger partial charge < -0.3 is 15.2 Å². The third-order valence-corrected chi connectivity index (χ3v) is 2.97. The van der Waals surface area contributed by atoms with Gasteiger partial charge in [0.05, 0.1) is 6.61 Å². The van der Waals surface area contributed by atoms with Crippen molar-refractivity contribution in [2.75, 3.05) is 25.6 Å². The van der Waals surface area contributed by atoms with Gasteiger partial charge in [-0.1, -0.05) is 0 Å². The predicted molar refractivity (Wildman–Crippen MR) is 70.0 cm³/mol. The maximum absolute atomic E-state index is 8.69. The summed E-state index contributed by atoms with van der Waals surface area (Å²) < 4.78 is 5.64. The third-order valence-electron chi connectivity index (χ3n) is 2.97. The highest BCUT2D eigenvalue weighted by molar-refractivity contribution is 5.38. The molecule has 0 spiro atoms. The lowest BCUT2D eigenvalue weighted by atomic mass is 10.2. The first-order chi connectivity index (χ1) is 8.83. The second kappa shape index (κ2) is 6.54. The number of unbranched alkanes of at least 4 members (excludes halogenated alkanes) is 2. The number of rotatable bonds is 8. The molecule has 5 heteroatoms. The van der Waals surface area contributed by atoms with E-state index in [2.05, 4.69) is 15.3 Å². The fraction of sp³-hybridized carbons (Fsp3) is 0.692. The molecular weight excluding hydrogens is 230 g/mol. The molecule has 18 heavy (non-hydrogen) atoms. The van der Waals surface area contributed by atoms with E-state index in [1.165, 1.54) is 12.8 Å². The zero-order valence-electron chi connectivity index (χ0n) is 10.9. The van der Waals surface area contributed by atoms with E-state index >= 15 is 0 Å². The van der Waals surface area contributed by atoms with E-state index in [0.717, 1.165) is 30.9 Å². The van der Waals surface area contributed by atoms with Gasteiger partial charge in [-0.3, -0.25) is 0 Å². The lowest BCUT2D eigenvalue weighted by molar-refractivity contribution is 0.262. The highest BCUT2D eigenvalue weighted by Gasteiger charge is 2.27. The van der Waals surface area contributed by atoms with Crippen LogP contribution in [0.1, 0.15) is 43.8 Å². The molecule has 1 aromatic heterocycles. The quantitative estimate of drug-likeness (QED) is 0.691. The van der Waals surface area contributed by atoms with Crippen molar-refractivity contribution in [2.24, 2.45) is 0 Å². The number of aromatic nitrogens is 2. The Hall–Kier alpha value is -1.36. The Labute approximate surface area is 108 Å². The lowest BCUT2D eigenvalue weighted by Crippen LogP contribution is -2.04. The molecule has 0 unspecified atom stereocenters. The molecule has 1 heterocycles. The summed E-state index contributed by atoms with van der Waals surface area (Å²) in [6.07, 6.45) is 5.13. The van der Waals surface area contributed by atoms with E-state index in [-0.39, 0.29) is 6.61 Å². The summed E-state index contributed by atoms with van der Waals surface area (Å²) in [4.78, 5) is 8.87. The van der Waals surface area contributed by atoms with Gasteiger partial charge in [-0.15, -0.1) is 0 Å². The molecule has 100 valence electrons. The van der Waals surface area contributed by atoms with Gasteiger partial charge in [-0.05, 0) is 32.1 Å². The SMILES string of the molecule is CNc1cc(OCCCCCO)nc(C2CC2)n1. The Morgan fingerprint density at radius 2 is 2.17 bits per heavy atom. The van der Waals surface area contributed by atoms with Crippen molar-refractivity contribution >= 4 is 5.82 Å². The number of hydrogen-bond donors (Lipinski definition) is 2. The number of aliphatic hydroxyl groups excluding tert-OH is 1. The van der Waals surface area contributed by atoms with Crippen LogP contribution in [0.25, 0.3) is 0 Å². The van der Waals surface area contributed by atoms with Gasteiger partial charge in [-0.2, -0.15) is 4.98 Å². The van der Waals surface area contributed by atoms with Crippen molar-refractivity contribution in [1.82, 2.24) is 9.97 Å². The van der Waals surface area contributed by atoms with E-state index in [1.807, 2.05) is 13.1 Å². The normalized spacial score (nSPS) is 14.6. The summed E-state index contributed by atoms with van der Waals surface area (Å²) in [6, 6.07) is 1.83. The van der Waals surface area contributed by atoms with E-state index in [4.69, 9.17) is 9.84 Å². The zero-order chi connectivity index (χ0) is 12.8. The maximum Gasteiger partial charge on any atom is 0.218 e. The van der Waals surface area contributed by atoms with Gasteiger partial charge in [0.15, 0.2) is 0 Å². The molecule has 1 aliphatic carbocycles. The molecule has 0 atom stereocenters. The van der Waals surface area contributed by atoms with Gasteiger partial charge in [0, 0.05) is 25.6 Å². The minimum Gasteiger partial charge on any atom is -0.478 e. The number of anilines is 1. The van der Waals surface area contributed by atoms with Crippen LogP contribution in [-0.2, 0) is 0 Å². The van der Waals surface area contributed by atoms with Gasteiger partial charge in [-0.25, -0.2) is 4.98 Å². The van der Waals surface area contributed by atoms with Crippen LogP contribution in [0.15, 0.2) is 6.07 Å². The van der Waals surface area contributed by atoms with Gasteiger partial charge >= 0.3 is 0 Å². The summed E-state index contributed by atoms with van der Waals surface area (Å²) in [6.45, 7) is 0.896. The first-order valence-corrected chi connectivity index (χ1v) is 6.64. The van der Waals surface area contributed by atoms with Crippen molar-refractivity contribution in [1.29, 1.82) is 0 Å². The molecule has 2 N–H and O–H groups in total. The van der Waals surface area contributed by atoms with Crippen LogP contribution in [0.3, 0.4) is 0 Å². The van der Waals surface area contributed by atoms with E-state index in [1.54, 1.807) is 0 Å². The molecule has 1 aromatic rings. The lowest BCUT2D eigenvalue weighted by Gasteiger charge is -2.08. The smallest absolute Gasteiger partial charge is 0.218 e. The average Bonchev–Trinajstić information content (AvgIpc) is 3.22. The first-order valence-electron chi connectivity index (χ1n) is 6.64. The maximum atomic E-state index is 8.69. The van der Waals surface area contributed by atoms with Crippen molar-refractivity contribution in [3.8, 4) is 5.88 Å². The average molecular weight is 251 g/mol. The molecular formula is C13H21N3O2. The van der Waals surface area contributed by atoms with E-state index < -0.39 is 0 Å². The van der Waals surface area contributed by atoms with E-state index in [9.17, 15) is 0 Å². The Bertz CT molecular complexity index is 380. The highest BCUT2D eigenvalue weighted by Crippen LogP contribution is 2.39. The van der Waals surface area contributed by atoms with Crippen molar-refractivity contribution < 1.29 is 9.84 Å². The standard InChI is InChI=1S/C13H21N3O2/c1-14-11-9-12(18-8-4-2-3-7-17)16-13(15-11)10-5-6-10/h9-10,17H,2-8H2,1H3,(H,14,15,16). The molecule has 0 aliphatic heterocycles. The summed E-state index contributed by atoms with van der Waals surface area (Å²) in [5.41, 5.74) is 0. The first kappa shape index (κ1) is 13.1. The fourth-order valence-electron chi connectivity index (χ4n) is 1.74. The number of aliphatic hydroxyl groups is 1. The van der Waals surface area contributed by atoms with Gasteiger partial charge in [0.2, 0.25) is 5.88 Å². The minimum atomic E-state index is 0.253. The molecule has 0 bridgehead atoms. The molecule has 1 saturated carbocycles. The topological polar surface area (TPSA) is 67.3 Å². The highest BCUT2D eigenvalue weighted by atomic mass is 16.5. The summed E-state index contributed by atoms with van der Waals surface area (Å²) >= 11 is 0. The second-order valence-electron chi connectivity index (χ2n) is 4.61. The minimum absolute atomic E-state index is 0.253. The van der Waals surface area contributed by atoms with Crippen LogP contribution in [0.4, 0.5) is 5.82 Å². The molecule has 2 rings (SSSR count). The Kier molecular flexibility index (Phi) is 4.75. The molecule has 1 fully saturated rings. The van der Waals surface area contributed by atoms with Crippen LogP contribution < -0.4 is 10.1 Å². The molecule has 0 saturated heterocycles. The Balaban J connectivity index is 1.88. The number of ether oxygens (including phenoxy) is 1. The van der Waals surface area contributed by atoms with Crippen LogP contribution in [0.5, 0.6) is 5.88 Å². The Morgan fingerprint density at radius 1 is 1.33 bits per heavy atom. The largest absolute Gasteiger partial charge is 0.478 e.